The number of hydrogen-bond acceptors (Lipinski definition) is 4. The highest BCUT2D eigenvalue weighted by Gasteiger charge is 2.13. The van der Waals surface area contributed by atoms with E-state index in [1.807, 2.05) is 6.07 Å². The monoisotopic (exact) mass is 412 g/mol. The van der Waals surface area contributed by atoms with Gasteiger partial charge in [-0.2, -0.15) is 19.1 Å². The number of aromatic nitrogens is 3. The molecular formula is C21H12F4N4O. The van der Waals surface area contributed by atoms with Crippen molar-refractivity contribution in [1.29, 1.82) is 5.26 Å². The van der Waals surface area contributed by atoms with E-state index in [1.165, 1.54) is 24.5 Å². The van der Waals surface area contributed by atoms with Crippen molar-refractivity contribution in [3.05, 3.63) is 77.6 Å². The zero-order valence-electron chi connectivity index (χ0n) is 15.2. The van der Waals surface area contributed by atoms with Crippen molar-refractivity contribution in [2.24, 2.45) is 0 Å². The zero-order valence-corrected chi connectivity index (χ0v) is 15.2. The molecule has 0 saturated carbocycles. The molecule has 4 aromatic rings. The molecule has 0 radical (unpaired) electrons. The number of benzene rings is 2. The zero-order chi connectivity index (χ0) is 21.3. The maximum Gasteiger partial charge on any atom is 0.387 e. The lowest BCUT2D eigenvalue weighted by atomic mass is 10.1. The van der Waals surface area contributed by atoms with E-state index in [-0.39, 0.29) is 12.1 Å². The summed E-state index contributed by atoms with van der Waals surface area (Å²) < 4.78 is 58.2. The molecule has 0 N–H and O–H groups in total. The number of nitriles is 1. The summed E-state index contributed by atoms with van der Waals surface area (Å²) >= 11 is 0. The van der Waals surface area contributed by atoms with Crippen molar-refractivity contribution in [3.8, 4) is 22.9 Å². The molecule has 0 bridgehead atoms. The molecule has 5 nitrogen and oxygen atoms in total. The average molecular weight is 412 g/mol. The first-order chi connectivity index (χ1) is 14.4. The Kier molecular flexibility index (Phi) is 5.06. The molecule has 0 amide bonds. The Bertz CT molecular complexity index is 1280. The number of fused-ring (bicyclic) bond motifs is 1. The summed E-state index contributed by atoms with van der Waals surface area (Å²) in [6.45, 7) is -2.97. The van der Waals surface area contributed by atoms with Gasteiger partial charge in [0, 0.05) is 11.8 Å². The Morgan fingerprint density at radius 2 is 1.87 bits per heavy atom. The van der Waals surface area contributed by atoms with Crippen molar-refractivity contribution in [2.45, 2.75) is 13.2 Å². The van der Waals surface area contributed by atoms with Crippen LogP contribution in [0.3, 0.4) is 0 Å². The first kappa shape index (κ1) is 19.4. The van der Waals surface area contributed by atoms with Gasteiger partial charge in [0.25, 0.3) is 0 Å². The number of pyridine rings is 1. The summed E-state index contributed by atoms with van der Waals surface area (Å²) in [4.78, 5) is 4.29. The Morgan fingerprint density at radius 3 is 2.63 bits per heavy atom. The number of alkyl halides is 2. The number of nitrogens with zero attached hydrogens (tertiary/aromatic N) is 4. The highest BCUT2D eigenvalue weighted by molar-refractivity contribution is 5.80. The second kappa shape index (κ2) is 7.83. The Balaban J connectivity index is 1.72. The minimum atomic E-state index is -3.15. The summed E-state index contributed by atoms with van der Waals surface area (Å²) in [5.74, 6) is -2.00. The van der Waals surface area contributed by atoms with Crippen LogP contribution in [0.1, 0.15) is 11.1 Å². The van der Waals surface area contributed by atoms with Crippen LogP contribution in [0.4, 0.5) is 17.6 Å². The maximum absolute atomic E-state index is 13.7. The van der Waals surface area contributed by atoms with Gasteiger partial charge in [0.05, 0.1) is 29.9 Å². The predicted molar refractivity (Wildman–Crippen MR) is 99.8 cm³/mol. The third-order valence-electron chi connectivity index (χ3n) is 4.39. The lowest BCUT2D eigenvalue weighted by Gasteiger charge is -2.09. The van der Waals surface area contributed by atoms with Crippen molar-refractivity contribution in [1.82, 2.24) is 14.8 Å². The highest BCUT2D eigenvalue weighted by Crippen LogP contribution is 2.29. The summed E-state index contributed by atoms with van der Waals surface area (Å²) in [6.07, 6.45) is 3.03. The van der Waals surface area contributed by atoms with Crippen LogP contribution in [-0.2, 0) is 6.54 Å². The third kappa shape index (κ3) is 3.93. The fourth-order valence-electron chi connectivity index (χ4n) is 3.09. The SMILES string of the molecule is N#Cc1cc(F)cc(Cn2ncc3ncc(-c4ccc(F)c(OC(F)F)c4)cc32)c1. The van der Waals surface area contributed by atoms with Crippen LogP contribution in [0.2, 0.25) is 0 Å². The Hall–Kier alpha value is -3.93. The van der Waals surface area contributed by atoms with Crippen LogP contribution < -0.4 is 4.74 Å². The van der Waals surface area contributed by atoms with Gasteiger partial charge >= 0.3 is 6.61 Å². The molecule has 4 rings (SSSR count). The molecule has 0 spiro atoms. The topological polar surface area (TPSA) is 63.7 Å². The molecule has 0 saturated heterocycles. The van der Waals surface area contributed by atoms with Crippen LogP contribution in [0.15, 0.2) is 54.9 Å². The lowest BCUT2D eigenvalue weighted by Crippen LogP contribution is -2.04. The lowest BCUT2D eigenvalue weighted by molar-refractivity contribution is -0.0521. The normalized spacial score (nSPS) is 11.1. The summed E-state index contributed by atoms with van der Waals surface area (Å²) in [5, 5.41) is 13.3. The number of hydrogen-bond donors (Lipinski definition) is 0. The molecule has 30 heavy (non-hydrogen) atoms. The summed E-state index contributed by atoms with van der Waals surface area (Å²) in [6, 6.07) is 11.2. The first-order valence-electron chi connectivity index (χ1n) is 8.69. The van der Waals surface area contributed by atoms with E-state index in [9.17, 15) is 17.6 Å². The number of ether oxygens (including phenoxy) is 1. The average Bonchev–Trinajstić information content (AvgIpc) is 3.11. The van der Waals surface area contributed by atoms with Gasteiger partial charge in [0.15, 0.2) is 11.6 Å². The molecule has 9 heteroatoms. The Labute approximate surface area is 167 Å². The van der Waals surface area contributed by atoms with Crippen LogP contribution in [0.5, 0.6) is 5.75 Å². The van der Waals surface area contributed by atoms with E-state index < -0.39 is 24.0 Å². The minimum absolute atomic E-state index is 0.185. The molecular weight excluding hydrogens is 400 g/mol. The van der Waals surface area contributed by atoms with Crippen molar-refractivity contribution >= 4 is 11.0 Å². The standard InChI is InChI=1S/C21H12F4N4O/c22-16-4-12(8-26)3-13(5-16)11-29-19-6-15(9-27-18(19)10-28-29)14-1-2-17(23)20(7-14)30-21(24)25/h1-7,9-10,21H,11H2. The molecule has 0 unspecified atom stereocenters. The van der Waals surface area contributed by atoms with Crippen LogP contribution in [0.25, 0.3) is 22.2 Å². The van der Waals surface area contributed by atoms with Gasteiger partial charge in [-0.1, -0.05) is 6.07 Å². The third-order valence-corrected chi connectivity index (χ3v) is 4.39. The molecule has 150 valence electrons. The van der Waals surface area contributed by atoms with Crippen molar-refractivity contribution in [2.75, 3.05) is 0 Å². The fraction of sp³-hybridized carbons (Fsp3) is 0.0952. The highest BCUT2D eigenvalue weighted by atomic mass is 19.3. The van der Waals surface area contributed by atoms with Gasteiger partial charge in [-0.25, -0.2) is 8.78 Å². The maximum atomic E-state index is 13.7. The van der Waals surface area contributed by atoms with Gasteiger partial charge in [0.2, 0.25) is 0 Å². The minimum Gasteiger partial charge on any atom is -0.432 e. The van der Waals surface area contributed by atoms with Crippen LogP contribution in [0, 0.1) is 23.0 Å². The molecule has 0 aliphatic carbocycles. The summed E-state index contributed by atoms with van der Waals surface area (Å²) in [5.41, 5.74) is 2.83. The van der Waals surface area contributed by atoms with Crippen LogP contribution in [-0.4, -0.2) is 21.4 Å². The largest absolute Gasteiger partial charge is 0.432 e. The molecule has 0 fully saturated rings. The first-order valence-corrected chi connectivity index (χ1v) is 8.69. The second-order valence-electron chi connectivity index (χ2n) is 6.41. The van der Waals surface area contributed by atoms with Gasteiger partial charge in [0.1, 0.15) is 11.3 Å². The number of rotatable bonds is 5. The molecule has 0 aliphatic heterocycles. The predicted octanol–water partition coefficient (Wildman–Crippen LogP) is 4.90. The molecule has 2 heterocycles. The van der Waals surface area contributed by atoms with E-state index in [1.54, 1.807) is 16.8 Å². The van der Waals surface area contributed by atoms with E-state index in [0.717, 1.165) is 18.2 Å². The van der Waals surface area contributed by atoms with E-state index in [2.05, 4.69) is 14.8 Å². The van der Waals surface area contributed by atoms with E-state index in [0.29, 0.717) is 27.7 Å². The quantitative estimate of drug-likeness (QED) is 0.438. The smallest absolute Gasteiger partial charge is 0.387 e. The number of halogens is 4. The van der Waals surface area contributed by atoms with Crippen LogP contribution >= 0.6 is 0 Å². The van der Waals surface area contributed by atoms with E-state index in [4.69, 9.17) is 5.26 Å². The van der Waals surface area contributed by atoms with Gasteiger partial charge in [-0.3, -0.25) is 9.67 Å². The van der Waals surface area contributed by atoms with E-state index >= 15 is 0 Å². The van der Waals surface area contributed by atoms with Gasteiger partial charge in [-0.05, 0) is 47.5 Å². The second-order valence-corrected chi connectivity index (χ2v) is 6.41. The van der Waals surface area contributed by atoms with Crippen molar-refractivity contribution < 1.29 is 22.3 Å². The van der Waals surface area contributed by atoms with Crippen molar-refractivity contribution in [3.63, 3.8) is 0 Å². The summed E-state index contributed by atoms with van der Waals surface area (Å²) in [7, 11) is 0. The van der Waals surface area contributed by atoms with Gasteiger partial charge in [-0.15, -0.1) is 0 Å². The molecule has 0 atom stereocenters. The van der Waals surface area contributed by atoms with Gasteiger partial charge < -0.3 is 4.74 Å². The molecule has 2 aromatic carbocycles. The molecule has 0 aliphatic rings. The fourth-order valence-corrected chi connectivity index (χ4v) is 3.09. The Morgan fingerprint density at radius 1 is 1.03 bits per heavy atom. The molecule has 2 aromatic heterocycles.